The molecule has 1 unspecified atom stereocenters. The zero-order valence-corrected chi connectivity index (χ0v) is 10.6. The molecule has 1 atom stereocenters. The van der Waals surface area contributed by atoms with Gasteiger partial charge in [0.25, 0.3) is 0 Å². The van der Waals surface area contributed by atoms with Crippen molar-refractivity contribution in [3.05, 3.63) is 34.3 Å². The number of benzene rings is 1. The van der Waals surface area contributed by atoms with Crippen LogP contribution in [0.5, 0.6) is 0 Å². The summed E-state index contributed by atoms with van der Waals surface area (Å²) in [5.41, 5.74) is 0.366. The second kappa shape index (κ2) is 4.55. The molecule has 0 aliphatic rings. The van der Waals surface area contributed by atoms with Crippen LogP contribution in [0.25, 0.3) is 11.1 Å². The van der Waals surface area contributed by atoms with Crippen LogP contribution in [0.2, 0.25) is 0 Å². The predicted octanol–water partition coefficient (Wildman–Crippen LogP) is 1.66. The fraction of sp³-hybridized carbons (Fsp3) is 0.385. The molecule has 1 aromatic carbocycles. The molecule has 102 valence electrons. The van der Waals surface area contributed by atoms with Crippen LogP contribution in [0.15, 0.2) is 27.4 Å². The molecule has 0 fully saturated rings. The number of nitrogens with one attached hydrogen (secondary N) is 1. The van der Waals surface area contributed by atoms with Gasteiger partial charge in [0.05, 0.1) is 17.0 Å². The molecular formula is C13H15NO5. The van der Waals surface area contributed by atoms with Gasteiger partial charge in [-0.2, -0.15) is 0 Å². The molecule has 0 aliphatic heterocycles. The Bertz CT molecular complexity index is 667. The molecule has 0 aliphatic carbocycles. The number of rotatable bonds is 4. The summed E-state index contributed by atoms with van der Waals surface area (Å²) >= 11 is 0. The lowest BCUT2D eigenvalue weighted by atomic mass is 9.85. The number of carboxylic acid groups (broad SMARTS) is 1. The van der Waals surface area contributed by atoms with E-state index in [0.717, 1.165) is 0 Å². The number of carboxylic acids is 1. The number of aromatic nitrogens is 1. The molecule has 2 aromatic rings. The Morgan fingerprint density at radius 3 is 2.79 bits per heavy atom. The quantitative estimate of drug-likeness (QED) is 0.779. The van der Waals surface area contributed by atoms with Gasteiger partial charge in [-0.1, -0.05) is 6.07 Å². The molecule has 0 saturated carbocycles. The molecule has 6 heteroatoms. The number of hydrogen-bond acceptors (Lipinski definition) is 4. The van der Waals surface area contributed by atoms with Crippen molar-refractivity contribution in [2.45, 2.75) is 26.4 Å². The third-order valence-electron chi connectivity index (χ3n) is 3.11. The highest BCUT2D eigenvalue weighted by atomic mass is 16.4. The minimum atomic E-state index is -1.03. The van der Waals surface area contributed by atoms with Gasteiger partial charge in [0.1, 0.15) is 0 Å². The van der Waals surface area contributed by atoms with Crippen LogP contribution in [0.4, 0.5) is 0 Å². The highest BCUT2D eigenvalue weighted by Crippen LogP contribution is 2.31. The Hall–Kier alpha value is -2.08. The van der Waals surface area contributed by atoms with Gasteiger partial charge >= 0.3 is 11.7 Å². The molecule has 3 N–H and O–H groups in total. The molecule has 19 heavy (non-hydrogen) atoms. The summed E-state index contributed by atoms with van der Waals surface area (Å²) in [6.45, 7) is 3.10. The number of aliphatic hydroxyl groups is 1. The molecule has 0 saturated heterocycles. The fourth-order valence-corrected chi connectivity index (χ4v) is 1.86. The third-order valence-corrected chi connectivity index (χ3v) is 3.11. The average Bonchev–Trinajstić information content (AvgIpc) is 2.66. The van der Waals surface area contributed by atoms with Crippen LogP contribution in [0, 0.1) is 5.41 Å². The minimum absolute atomic E-state index is 0.0719. The Kier molecular flexibility index (Phi) is 3.20. The first kappa shape index (κ1) is 13.4. The maximum Gasteiger partial charge on any atom is 0.417 e. The van der Waals surface area contributed by atoms with E-state index in [-0.39, 0.29) is 6.42 Å². The average molecular weight is 265 g/mol. The summed E-state index contributed by atoms with van der Waals surface area (Å²) in [5.74, 6) is -1.53. The van der Waals surface area contributed by atoms with Crippen LogP contribution >= 0.6 is 0 Å². The van der Waals surface area contributed by atoms with Crippen LogP contribution in [0.1, 0.15) is 31.9 Å². The van der Waals surface area contributed by atoms with E-state index in [1.54, 1.807) is 26.0 Å². The van der Waals surface area contributed by atoms with Crippen molar-refractivity contribution in [2.24, 2.45) is 5.41 Å². The zero-order chi connectivity index (χ0) is 14.2. The molecule has 1 aromatic heterocycles. The molecular weight excluding hydrogens is 250 g/mol. The second-order valence-electron chi connectivity index (χ2n) is 5.18. The summed E-state index contributed by atoms with van der Waals surface area (Å²) in [4.78, 5) is 24.5. The third kappa shape index (κ3) is 2.68. The van der Waals surface area contributed by atoms with Gasteiger partial charge in [0, 0.05) is 0 Å². The van der Waals surface area contributed by atoms with Gasteiger partial charge in [-0.05, 0) is 38.0 Å². The van der Waals surface area contributed by atoms with Crippen molar-refractivity contribution in [2.75, 3.05) is 0 Å². The Labute approximate surface area is 108 Å². The predicted molar refractivity (Wildman–Crippen MR) is 67.8 cm³/mol. The molecule has 0 bridgehead atoms. The first-order chi connectivity index (χ1) is 8.79. The van der Waals surface area contributed by atoms with Crippen molar-refractivity contribution in [1.29, 1.82) is 0 Å². The molecule has 0 amide bonds. The number of aliphatic hydroxyl groups excluding tert-OH is 1. The number of carbonyl (C=O) groups is 1. The lowest BCUT2D eigenvalue weighted by Gasteiger charge is -2.22. The lowest BCUT2D eigenvalue weighted by molar-refractivity contribution is -0.148. The number of fused-ring (bicyclic) bond motifs is 1. The van der Waals surface area contributed by atoms with Gasteiger partial charge in [-0.3, -0.25) is 9.78 Å². The topological polar surface area (TPSA) is 104 Å². The van der Waals surface area contributed by atoms with E-state index in [9.17, 15) is 14.7 Å². The number of oxazole rings is 1. The van der Waals surface area contributed by atoms with Crippen molar-refractivity contribution in [3.8, 4) is 0 Å². The Balaban J connectivity index is 2.28. The maximum absolute atomic E-state index is 11.0. The Morgan fingerprint density at radius 2 is 2.16 bits per heavy atom. The number of H-pyrrole nitrogens is 1. The molecule has 6 nitrogen and oxygen atoms in total. The first-order valence-electron chi connectivity index (χ1n) is 5.84. The van der Waals surface area contributed by atoms with Gasteiger partial charge in [0.15, 0.2) is 5.58 Å². The molecule has 2 rings (SSSR count). The zero-order valence-electron chi connectivity index (χ0n) is 10.6. The summed E-state index contributed by atoms with van der Waals surface area (Å²) in [6.07, 6.45) is -0.863. The van der Waals surface area contributed by atoms with Gasteiger partial charge < -0.3 is 14.6 Å². The van der Waals surface area contributed by atoms with E-state index < -0.39 is 23.2 Å². The lowest BCUT2D eigenvalue weighted by Crippen LogP contribution is -2.26. The number of hydrogen-bond donors (Lipinski definition) is 3. The summed E-state index contributed by atoms with van der Waals surface area (Å²) in [5, 5.41) is 19.1. The highest BCUT2D eigenvalue weighted by Gasteiger charge is 2.30. The maximum atomic E-state index is 11.0. The minimum Gasteiger partial charge on any atom is -0.481 e. The largest absolute Gasteiger partial charge is 0.481 e. The van der Waals surface area contributed by atoms with E-state index in [1.807, 2.05) is 0 Å². The normalized spacial score (nSPS) is 13.6. The summed E-state index contributed by atoms with van der Waals surface area (Å²) < 4.78 is 4.90. The van der Waals surface area contributed by atoms with Gasteiger partial charge in [0.2, 0.25) is 0 Å². The highest BCUT2D eigenvalue weighted by molar-refractivity contribution is 5.74. The molecule has 0 radical (unpaired) electrons. The second-order valence-corrected chi connectivity index (χ2v) is 5.18. The van der Waals surface area contributed by atoms with Crippen molar-refractivity contribution < 1.29 is 19.4 Å². The number of aliphatic carboxylic acids is 1. The summed E-state index contributed by atoms with van der Waals surface area (Å²) in [6, 6.07) is 4.79. The standard InChI is InChI=1S/C13H15NO5/c1-13(2,11(16)17)6-9(15)7-3-4-8-10(5-7)19-12(18)14-8/h3-5,9,15H,6H2,1-2H3,(H,14,18)(H,16,17). The number of aromatic amines is 1. The monoisotopic (exact) mass is 265 g/mol. The summed E-state index contributed by atoms with van der Waals surface area (Å²) in [7, 11) is 0. The molecule has 1 heterocycles. The van der Waals surface area contributed by atoms with E-state index in [4.69, 9.17) is 9.52 Å². The van der Waals surface area contributed by atoms with E-state index in [2.05, 4.69) is 4.98 Å². The van der Waals surface area contributed by atoms with Crippen molar-refractivity contribution >= 4 is 17.1 Å². The molecule has 0 spiro atoms. The van der Waals surface area contributed by atoms with E-state index in [1.165, 1.54) is 6.07 Å². The fourth-order valence-electron chi connectivity index (χ4n) is 1.86. The van der Waals surface area contributed by atoms with Crippen LogP contribution < -0.4 is 5.76 Å². The van der Waals surface area contributed by atoms with Crippen LogP contribution in [-0.2, 0) is 4.79 Å². The van der Waals surface area contributed by atoms with Crippen LogP contribution in [-0.4, -0.2) is 21.2 Å². The first-order valence-corrected chi connectivity index (χ1v) is 5.84. The van der Waals surface area contributed by atoms with Gasteiger partial charge in [-0.25, -0.2) is 4.79 Å². The van der Waals surface area contributed by atoms with E-state index in [0.29, 0.717) is 16.7 Å². The van der Waals surface area contributed by atoms with Gasteiger partial charge in [-0.15, -0.1) is 0 Å². The Morgan fingerprint density at radius 1 is 1.47 bits per heavy atom. The van der Waals surface area contributed by atoms with Crippen molar-refractivity contribution in [1.82, 2.24) is 4.98 Å². The van der Waals surface area contributed by atoms with E-state index >= 15 is 0 Å². The smallest absolute Gasteiger partial charge is 0.417 e. The van der Waals surface area contributed by atoms with Crippen LogP contribution in [0.3, 0.4) is 0 Å². The SMILES string of the molecule is CC(C)(CC(O)c1ccc2[nH]c(=O)oc2c1)C(=O)O. The van der Waals surface area contributed by atoms with Crippen molar-refractivity contribution in [3.63, 3.8) is 0 Å².